The number of aryl methyl sites for hydroxylation is 1. The van der Waals surface area contributed by atoms with Crippen LogP contribution in [0.4, 0.5) is 4.39 Å². The molecule has 1 aliphatic heterocycles. The Balaban J connectivity index is 1.64. The van der Waals surface area contributed by atoms with Crippen LogP contribution >= 0.6 is 0 Å². The zero-order chi connectivity index (χ0) is 17.2. The first-order valence-electron chi connectivity index (χ1n) is 7.99. The fraction of sp³-hybridized carbons (Fsp3) is 0.333. The van der Waals surface area contributed by atoms with E-state index in [0.29, 0.717) is 37.6 Å². The Morgan fingerprint density at radius 2 is 1.58 bits per heavy atom. The standard InChI is InChI=1S/C18H21FN2O2S/c1-15-4-2-3-5-18(15)24(22,23)21-12-10-20(11-13-21)14-16-6-8-17(19)9-7-16/h2-9H,10-14H2,1H3. The zero-order valence-electron chi connectivity index (χ0n) is 13.7. The van der Waals surface area contributed by atoms with Gasteiger partial charge in [0.1, 0.15) is 5.82 Å². The maximum Gasteiger partial charge on any atom is 0.243 e. The summed E-state index contributed by atoms with van der Waals surface area (Å²) in [5.74, 6) is -0.243. The van der Waals surface area contributed by atoms with Gasteiger partial charge in [0, 0.05) is 32.7 Å². The van der Waals surface area contributed by atoms with Gasteiger partial charge in [-0.2, -0.15) is 4.31 Å². The SMILES string of the molecule is Cc1ccccc1S(=O)(=O)N1CCN(Cc2ccc(F)cc2)CC1. The van der Waals surface area contributed by atoms with Crippen LogP contribution in [0.2, 0.25) is 0 Å². The average Bonchev–Trinajstić information content (AvgIpc) is 2.58. The zero-order valence-corrected chi connectivity index (χ0v) is 14.5. The number of rotatable bonds is 4. The van der Waals surface area contributed by atoms with Gasteiger partial charge < -0.3 is 0 Å². The van der Waals surface area contributed by atoms with E-state index < -0.39 is 10.0 Å². The van der Waals surface area contributed by atoms with E-state index in [1.54, 1.807) is 28.6 Å². The number of benzene rings is 2. The topological polar surface area (TPSA) is 40.6 Å². The highest BCUT2D eigenvalue weighted by Crippen LogP contribution is 2.21. The normalized spacial score (nSPS) is 17.1. The van der Waals surface area contributed by atoms with Gasteiger partial charge in [0.15, 0.2) is 0 Å². The van der Waals surface area contributed by atoms with Crippen molar-refractivity contribution in [2.75, 3.05) is 26.2 Å². The lowest BCUT2D eigenvalue weighted by Crippen LogP contribution is -2.48. The van der Waals surface area contributed by atoms with Gasteiger partial charge in [0.25, 0.3) is 0 Å². The molecule has 1 aliphatic rings. The van der Waals surface area contributed by atoms with Gasteiger partial charge in [0.05, 0.1) is 4.90 Å². The molecule has 3 rings (SSSR count). The Labute approximate surface area is 142 Å². The molecule has 128 valence electrons. The van der Waals surface area contributed by atoms with Crippen LogP contribution in [0.5, 0.6) is 0 Å². The van der Waals surface area contributed by atoms with Crippen molar-refractivity contribution < 1.29 is 12.8 Å². The van der Waals surface area contributed by atoms with Gasteiger partial charge in [-0.3, -0.25) is 4.90 Å². The second-order valence-electron chi connectivity index (χ2n) is 6.07. The van der Waals surface area contributed by atoms with Crippen LogP contribution in [0.25, 0.3) is 0 Å². The van der Waals surface area contributed by atoms with E-state index in [1.165, 1.54) is 12.1 Å². The quantitative estimate of drug-likeness (QED) is 0.853. The van der Waals surface area contributed by atoms with Crippen molar-refractivity contribution >= 4 is 10.0 Å². The Hall–Kier alpha value is -1.76. The molecule has 0 amide bonds. The summed E-state index contributed by atoms with van der Waals surface area (Å²) in [6.07, 6.45) is 0. The first-order chi connectivity index (χ1) is 11.5. The van der Waals surface area contributed by atoms with E-state index in [0.717, 1.165) is 11.1 Å². The molecular weight excluding hydrogens is 327 g/mol. The summed E-state index contributed by atoms with van der Waals surface area (Å²) >= 11 is 0. The molecule has 0 atom stereocenters. The molecule has 0 spiro atoms. The van der Waals surface area contributed by atoms with Crippen LogP contribution in [0, 0.1) is 12.7 Å². The molecule has 0 unspecified atom stereocenters. The highest BCUT2D eigenvalue weighted by atomic mass is 32.2. The molecule has 1 heterocycles. The van der Waals surface area contributed by atoms with Crippen molar-refractivity contribution in [2.45, 2.75) is 18.4 Å². The minimum absolute atomic E-state index is 0.243. The van der Waals surface area contributed by atoms with Crippen LogP contribution in [-0.2, 0) is 16.6 Å². The summed E-state index contributed by atoms with van der Waals surface area (Å²) < 4.78 is 40.1. The second-order valence-corrected chi connectivity index (χ2v) is 7.98. The van der Waals surface area contributed by atoms with Crippen molar-refractivity contribution in [3.05, 3.63) is 65.5 Å². The van der Waals surface area contributed by atoms with Crippen molar-refractivity contribution in [3.63, 3.8) is 0 Å². The van der Waals surface area contributed by atoms with Gasteiger partial charge in [-0.1, -0.05) is 30.3 Å². The van der Waals surface area contributed by atoms with E-state index in [2.05, 4.69) is 4.90 Å². The second kappa shape index (κ2) is 7.01. The van der Waals surface area contributed by atoms with Crippen molar-refractivity contribution in [1.82, 2.24) is 9.21 Å². The van der Waals surface area contributed by atoms with Crippen molar-refractivity contribution in [2.24, 2.45) is 0 Å². The fourth-order valence-electron chi connectivity index (χ4n) is 2.96. The minimum Gasteiger partial charge on any atom is -0.296 e. The molecule has 1 fully saturated rings. The fourth-order valence-corrected chi connectivity index (χ4v) is 4.61. The number of nitrogens with zero attached hydrogens (tertiary/aromatic N) is 2. The largest absolute Gasteiger partial charge is 0.296 e. The summed E-state index contributed by atoms with van der Waals surface area (Å²) in [4.78, 5) is 2.58. The number of halogens is 1. The number of hydrogen-bond donors (Lipinski definition) is 0. The third kappa shape index (κ3) is 3.66. The van der Waals surface area contributed by atoms with E-state index in [1.807, 2.05) is 19.1 Å². The Morgan fingerprint density at radius 1 is 0.958 bits per heavy atom. The molecule has 2 aromatic rings. The minimum atomic E-state index is -3.44. The maximum atomic E-state index is 13.0. The molecule has 0 aromatic heterocycles. The highest BCUT2D eigenvalue weighted by molar-refractivity contribution is 7.89. The molecular formula is C18H21FN2O2S. The molecule has 2 aromatic carbocycles. The van der Waals surface area contributed by atoms with Crippen molar-refractivity contribution in [3.8, 4) is 0 Å². The molecule has 0 saturated carbocycles. The average molecular weight is 348 g/mol. The third-order valence-electron chi connectivity index (χ3n) is 4.36. The molecule has 1 saturated heterocycles. The smallest absolute Gasteiger partial charge is 0.243 e. The molecule has 0 bridgehead atoms. The lowest BCUT2D eigenvalue weighted by molar-refractivity contribution is 0.181. The van der Waals surface area contributed by atoms with Gasteiger partial charge in [-0.05, 0) is 36.2 Å². The van der Waals surface area contributed by atoms with Crippen LogP contribution < -0.4 is 0 Å². The van der Waals surface area contributed by atoms with Gasteiger partial charge in [-0.15, -0.1) is 0 Å². The van der Waals surface area contributed by atoms with Crippen LogP contribution in [0.3, 0.4) is 0 Å². The number of sulfonamides is 1. The predicted octanol–water partition coefficient (Wildman–Crippen LogP) is 2.64. The number of piperazine rings is 1. The summed E-state index contributed by atoms with van der Waals surface area (Å²) in [5.41, 5.74) is 1.80. The van der Waals surface area contributed by atoms with Crippen LogP contribution in [0.15, 0.2) is 53.4 Å². The van der Waals surface area contributed by atoms with E-state index in [4.69, 9.17) is 0 Å². The van der Waals surface area contributed by atoms with Crippen LogP contribution in [0.1, 0.15) is 11.1 Å². The Kier molecular flexibility index (Phi) is 4.99. The maximum absolute atomic E-state index is 13.0. The molecule has 0 aliphatic carbocycles. The summed E-state index contributed by atoms with van der Waals surface area (Å²) in [6.45, 7) is 4.80. The van der Waals surface area contributed by atoms with E-state index in [-0.39, 0.29) is 5.82 Å². The third-order valence-corrected chi connectivity index (χ3v) is 6.42. The van der Waals surface area contributed by atoms with Gasteiger partial charge in [-0.25, -0.2) is 12.8 Å². The summed E-state index contributed by atoms with van der Waals surface area (Å²) in [7, 11) is -3.44. The first kappa shape index (κ1) is 17.1. The Morgan fingerprint density at radius 3 is 2.21 bits per heavy atom. The molecule has 0 radical (unpaired) electrons. The molecule has 0 N–H and O–H groups in total. The van der Waals surface area contributed by atoms with Gasteiger partial charge >= 0.3 is 0 Å². The number of hydrogen-bond acceptors (Lipinski definition) is 3. The van der Waals surface area contributed by atoms with Gasteiger partial charge in [0.2, 0.25) is 10.0 Å². The van der Waals surface area contributed by atoms with Crippen LogP contribution in [-0.4, -0.2) is 43.8 Å². The highest BCUT2D eigenvalue weighted by Gasteiger charge is 2.29. The molecule has 24 heavy (non-hydrogen) atoms. The predicted molar refractivity (Wildman–Crippen MR) is 91.6 cm³/mol. The lowest BCUT2D eigenvalue weighted by Gasteiger charge is -2.34. The lowest BCUT2D eigenvalue weighted by atomic mass is 10.2. The summed E-state index contributed by atoms with van der Waals surface area (Å²) in [6, 6.07) is 13.5. The Bertz CT molecular complexity index is 798. The van der Waals surface area contributed by atoms with E-state index in [9.17, 15) is 12.8 Å². The van der Waals surface area contributed by atoms with Crippen molar-refractivity contribution in [1.29, 1.82) is 0 Å². The molecule has 4 nitrogen and oxygen atoms in total. The molecule has 6 heteroatoms. The van der Waals surface area contributed by atoms with E-state index >= 15 is 0 Å². The first-order valence-corrected chi connectivity index (χ1v) is 9.43. The monoisotopic (exact) mass is 348 g/mol. The summed E-state index contributed by atoms with van der Waals surface area (Å²) in [5, 5.41) is 0.